The van der Waals surface area contributed by atoms with Crippen LogP contribution in [-0.4, -0.2) is 30.4 Å². The van der Waals surface area contributed by atoms with E-state index in [4.69, 9.17) is 5.73 Å². The summed E-state index contributed by atoms with van der Waals surface area (Å²) in [4.78, 5) is 13.5. The lowest BCUT2D eigenvalue weighted by molar-refractivity contribution is -0.129. The van der Waals surface area contributed by atoms with Gasteiger partial charge in [-0.1, -0.05) is 29.8 Å². The molecule has 0 aromatic heterocycles. The predicted octanol–water partition coefficient (Wildman–Crippen LogP) is 1.34. The van der Waals surface area contributed by atoms with Gasteiger partial charge in [-0.25, -0.2) is 0 Å². The van der Waals surface area contributed by atoms with Crippen LogP contribution in [0, 0.1) is 6.92 Å². The molecule has 0 bridgehead atoms. The highest BCUT2D eigenvalue weighted by Gasteiger charge is 2.10. The Labute approximate surface area is 97.2 Å². The van der Waals surface area contributed by atoms with Gasteiger partial charge in [0.25, 0.3) is 0 Å². The fourth-order valence-electron chi connectivity index (χ4n) is 1.55. The smallest absolute Gasteiger partial charge is 0.226 e. The van der Waals surface area contributed by atoms with Gasteiger partial charge in [-0.3, -0.25) is 4.79 Å². The lowest BCUT2D eigenvalue weighted by atomic mass is 10.1. The van der Waals surface area contributed by atoms with Crippen LogP contribution in [-0.2, 0) is 11.2 Å². The Kier molecular flexibility index (Phi) is 4.50. The van der Waals surface area contributed by atoms with Gasteiger partial charge in [-0.15, -0.1) is 0 Å². The van der Waals surface area contributed by atoms with Gasteiger partial charge in [-0.2, -0.15) is 0 Å². The van der Waals surface area contributed by atoms with Crippen LogP contribution in [0.5, 0.6) is 0 Å². The monoisotopic (exact) mass is 220 g/mol. The van der Waals surface area contributed by atoms with Crippen molar-refractivity contribution in [2.24, 2.45) is 5.73 Å². The summed E-state index contributed by atoms with van der Waals surface area (Å²) in [6, 6.07) is 8.05. The second-order valence-corrected chi connectivity index (χ2v) is 4.41. The minimum absolute atomic E-state index is 0.0203. The van der Waals surface area contributed by atoms with E-state index in [9.17, 15) is 4.79 Å². The zero-order valence-electron chi connectivity index (χ0n) is 10.2. The molecular formula is C13H20N2O. The lowest BCUT2D eigenvalue weighted by Crippen LogP contribution is -2.37. The normalized spacial score (nSPS) is 12.2. The topological polar surface area (TPSA) is 46.3 Å². The second kappa shape index (κ2) is 5.66. The van der Waals surface area contributed by atoms with Crippen molar-refractivity contribution in [2.45, 2.75) is 26.3 Å². The average molecular weight is 220 g/mol. The maximum atomic E-state index is 11.8. The third kappa shape index (κ3) is 4.03. The molecule has 1 amide bonds. The SMILES string of the molecule is Cc1ccc(CC(=O)N(C)CC(C)N)cc1. The van der Waals surface area contributed by atoms with E-state index in [1.165, 1.54) is 5.56 Å². The maximum absolute atomic E-state index is 11.8. The number of rotatable bonds is 4. The Morgan fingerprint density at radius 3 is 2.44 bits per heavy atom. The molecule has 16 heavy (non-hydrogen) atoms. The summed E-state index contributed by atoms with van der Waals surface area (Å²) < 4.78 is 0. The van der Waals surface area contributed by atoms with Gasteiger partial charge in [0.15, 0.2) is 0 Å². The Balaban J connectivity index is 2.54. The van der Waals surface area contributed by atoms with E-state index in [-0.39, 0.29) is 11.9 Å². The molecule has 0 spiro atoms. The number of likely N-dealkylation sites (N-methyl/N-ethyl adjacent to an activating group) is 1. The van der Waals surface area contributed by atoms with E-state index in [0.29, 0.717) is 13.0 Å². The molecule has 1 aromatic rings. The first-order valence-electron chi connectivity index (χ1n) is 5.54. The molecule has 0 aliphatic carbocycles. The van der Waals surface area contributed by atoms with Gasteiger partial charge in [0.05, 0.1) is 6.42 Å². The number of hydrogen-bond acceptors (Lipinski definition) is 2. The van der Waals surface area contributed by atoms with Crippen molar-refractivity contribution in [3.05, 3.63) is 35.4 Å². The molecular weight excluding hydrogens is 200 g/mol. The number of benzene rings is 1. The molecule has 0 radical (unpaired) electrons. The summed E-state index contributed by atoms with van der Waals surface area (Å²) in [5.41, 5.74) is 7.91. The van der Waals surface area contributed by atoms with E-state index in [1.807, 2.05) is 38.1 Å². The second-order valence-electron chi connectivity index (χ2n) is 4.41. The van der Waals surface area contributed by atoms with Gasteiger partial charge in [0.1, 0.15) is 0 Å². The zero-order valence-corrected chi connectivity index (χ0v) is 10.2. The van der Waals surface area contributed by atoms with E-state index in [1.54, 1.807) is 11.9 Å². The van der Waals surface area contributed by atoms with Crippen LogP contribution in [0.4, 0.5) is 0 Å². The molecule has 0 saturated carbocycles. The van der Waals surface area contributed by atoms with E-state index in [0.717, 1.165) is 5.56 Å². The first kappa shape index (κ1) is 12.7. The van der Waals surface area contributed by atoms with Gasteiger partial charge >= 0.3 is 0 Å². The number of hydrogen-bond donors (Lipinski definition) is 1. The molecule has 1 atom stereocenters. The predicted molar refractivity (Wildman–Crippen MR) is 66.2 cm³/mol. The van der Waals surface area contributed by atoms with Crippen molar-refractivity contribution in [3.8, 4) is 0 Å². The molecule has 1 unspecified atom stereocenters. The highest BCUT2D eigenvalue weighted by atomic mass is 16.2. The fraction of sp³-hybridized carbons (Fsp3) is 0.462. The lowest BCUT2D eigenvalue weighted by Gasteiger charge is -2.19. The van der Waals surface area contributed by atoms with Crippen LogP contribution in [0.1, 0.15) is 18.1 Å². The van der Waals surface area contributed by atoms with Gasteiger partial charge in [0.2, 0.25) is 5.91 Å². The number of nitrogens with two attached hydrogens (primary N) is 1. The summed E-state index contributed by atoms with van der Waals surface area (Å²) in [5.74, 6) is 0.112. The Morgan fingerprint density at radius 2 is 1.94 bits per heavy atom. The average Bonchev–Trinajstić information content (AvgIpc) is 2.20. The third-order valence-electron chi connectivity index (χ3n) is 2.46. The van der Waals surface area contributed by atoms with Crippen LogP contribution in [0.25, 0.3) is 0 Å². The van der Waals surface area contributed by atoms with Crippen molar-refractivity contribution in [1.29, 1.82) is 0 Å². The van der Waals surface area contributed by atoms with Crippen LogP contribution >= 0.6 is 0 Å². The largest absolute Gasteiger partial charge is 0.344 e. The van der Waals surface area contributed by atoms with Crippen molar-refractivity contribution < 1.29 is 4.79 Å². The minimum Gasteiger partial charge on any atom is -0.344 e. The first-order valence-corrected chi connectivity index (χ1v) is 5.54. The van der Waals surface area contributed by atoms with Crippen LogP contribution in [0.3, 0.4) is 0 Å². The summed E-state index contributed by atoms with van der Waals surface area (Å²) in [7, 11) is 1.79. The fourth-order valence-corrected chi connectivity index (χ4v) is 1.55. The number of carbonyl (C=O) groups excluding carboxylic acids is 1. The minimum atomic E-state index is 0.0203. The Bertz CT molecular complexity index is 343. The molecule has 88 valence electrons. The summed E-state index contributed by atoms with van der Waals surface area (Å²) in [6.07, 6.45) is 0.448. The summed E-state index contributed by atoms with van der Waals surface area (Å²) in [5, 5.41) is 0. The molecule has 0 heterocycles. The first-order chi connectivity index (χ1) is 7.49. The van der Waals surface area contributed by atoms with Gasteiger partial charge in [-0.05, 0) is 19.4 Å². The molecule has 0 fully saturated rings. The van der Waals surface area contributed by atoms with E-state index >= 15 is 0 Å². The Hall–Kier alpha value is -1.35. The number of nitrogens with zero attached hydrogens (tertiary/aromatic N) is 1. The highest BCUT2D eigenvalue weighted by molar-refractivity contribution is 5.78. The maximum Gasteiger partial charge on any atom is 0.226 e. The zero-order chi connectivity index (χ0) is 12.1. The molecule has 0 saturated heterocycles. The molecule has 3 heteroatoms. The number of aryl methyl sites for hydroxylation is 1. The quantitative estimate of drug-likeness (QED) is 0.832. The van der Waals surface area contributed by atoms with Gasteiger partial charge in [0, 0.05) is 19.6 Å². The van der Waals surface area contributed by atoms with Crippen molar-refractivity contribution >= 4 is 5.91 Å². The van der Waals surface area contributed by atoms with E-state index in [2.05, 4.69) is 0 Å². The molecule has 2 N–H and O–H groups in total. The Morgan fingerprint density at radius 1 is 1.38 bits per heavy atom. The van der Waals surface area contributed by atoms with Crippen molar-refractivity contribution in [2.75, 3.05) is 13.6 Å². The van der Waals surface area contributed by atoms with Gasteiger partial charge < -0.3 is 10.6 Å². The highest BCUT2D eigenvalue weighted by Crippen LogP contribution is 2.05. The molecule has 0 aliphatic heterocycles. The molecule has 3 nitrogen and oxygen atoms in total. The third-order valence-corrected chi connectivity index (χ3v) is 2.46. The summed E-state index contributed by atoms with van der Waals surface area (Å²) >= 11 is 0. The van der Waals surface area contributed by atoms with Crippen LogP contribution in [0.15, 0.2) is 24.3 Å². The van der Waals surface area contributed by atoms with Crippen molar-refractivity contribution in [1.82, 2.24) is 4.90 Å². The van der Waals surface area contributed by atoms with Crippen molar-refractivity contribution in [3.63, 3.8) is 0 Å². The molecule has 1 rings (SSSR count). The number of amides is 1. The van der Waals surface area contributed by atoms with Crippen LogP contribution in [0.2, 0.25) is 0 Å². The molecule has 1 aromatic carbocycles. The standard InChI is InChI=1S/C13H20N2O/c1-10-4-6-12(7-5-10)8-13(16)15(3)9-11(2)14/h4-7,11H,8-9,14H2,1-3H3. The molecule has 0 aliphatic rings. The van der Waals surface area contributed by atoms with Crippen LogP contribution < -0.4 is 5.73 Å². The summed E-state index contributed by atoms with van der Waals surface area (Å²) in [6.45, 7) is 4.54. The van der Waals surface area contributed by atoms with E-state index < -0.39 is 0 Å². The number of carbonyl (C=O) groups is 1.